The molecule has 3 aliphatic heterocycles. The first-order valence-electron chi connectivity index (χ1n) is 15.2. The first kappa shape index (κ1) is 32.1. The van der Waals surface area contributed by atoms with Crippen LogP contribution in [0.3, 0.4) is 0 Å². The molecule has 2 aromatic carbocycles. The highest BCUT2D eigenvalue weighted by molar-refractivity contribution is 5.84. The van der Waals surface area contributed by atoms with Gasteiger partial charge in [0.2, 0.25) is 0 Å². The Morgan fingerprint density at radius 2 is 1.29 bits per heavy atom. The lowest BCUT2D eigenvalue weighted by Crippen LogP contribution is -2.58. The molecular formula is C34H39NO10. The number of benzene rings is 2. The van der Waals surface area contributed by atoms with Gasteiger partial charge in [0.05, 0.1) is 13.2 Å². The molecule has 11 heteroatoms. The number of piperidine rings is 1. The molecular weight excluding hydrogens is 582 g/mol. The fraction of sp³-hybridized carbons (Fsp3) is 0.529. The van der Waals surface area contributed by atoms with Crippen LogP contribution in [-0.4, -0.2) is 128 Å². The van der Waals surface area contributed by atoms with Gasteiger partial charge in [-0.05, 0) is 78.9 Å². The lowest BCUT2D eigenvalue weighted by atomic mass is 9.69. The summed E-state index contributed by atoms with van der Waals surface area (Å²) in [6.07, 6.45) is -11.3. The maximum atomic E-state index is 10.5. The average Bonchev–Trinajstić information content (AvgIpc) is 3.31. The number of fused-ring (bicyclic) bond motifs is 5. The van der Waals surface area contributed by atoms with E-state index in [1.807, 2.05) is 31.2 Å². The van der Waals surface area contributed by atoms with Crippen LogP contribution < -0.4 is 5.32 Å². The first-order chi connectivity index (χ1) is 21.6. The molecule has 6 rings (SSSR count). The number of aliphatic hydroxyl groups excluding tert-OH is 8. The topological polar surface area (TPSA) is 192 Å². The van der Waals surface area contributed by atoms with Crippen LogP contribution in [0.2, 0.25) is 0 Å². The van der Waals surface area contributed by atoms with Gasteiger partial charge >= 0.3 is 0 Å². The zero-order chi connectivity index (χ0) is 32.0. The largest absolute Gasteiger partial charge is 0.394 e. The zero-order valence-electron chi connectivity index (χ0n) is 24.8. The van der Waals surface area contributed by atoms with Crippen molar-refractivity contribution in [2.24, 2.45) is 0 Å². The Morgan fingerprint density at radius 3 is 1.87 bits per heavy atom. The molecule has 0 aromatic heterocycles. The second-order valence-corrected chi connectivity index (χ2v) is 12.3. The highest BCUT2D eigenvalue weighted by Crippen LogP contribution is 2.55. The summed E-state index contributed by atoms with van der Waals surface area (Å²) in [7, 11) is 0. The summed E-state index contributed by atoms with van der Waals surface area (Å²) < 4.78 is 11.2. The maximum absolute atomic E-state index is 10.5. The minimum Gasteiger partial charge on any atom is -0.394 e. The van der Waals surface area contributed by atoms with Crippen LogP contribution in [0.4, 0.5) is 0 Å². The third-order valence-electron chi connectivity index (χ3n) is 9.72. The summed E-state index contributed by atoms with van der Waals surface area (Å²) in [6, 6.07) is 9.93. The summed E-state index contributed by atoms with van der Waals surface area (Å²) in [5.74, 6) is 12.0. The Hall–Kier alpha value is -2.88. The van der Waals surface area contributed by atoms with Crippen molar-refractivity contribution in [3.8, 4) is 34.8 Å². The van der Waals surface area contributed by atoms with Gasteiger partial charge in [0.15, 0.2) is 0 Å². The van der Waals surface area contributed by atoms with E-state index in [1.165, 1.54) is 5.56 Å². The third kappa shape index (κ3) is 5.48. The average molecular weight is 622 g/mol. The van der Waals surface area contributed by atoms with Gasteiger partial charge in [-0.1, -0.05) is 35.8 Å². The number of ether oxygens (including phenoxy) is 2. The second kappa shape index (κ2) is 12.7. The van der Waals surface area contributed by atoms with E-state index < -0.39 is 74.3 Å². The second-order valence-electron chi connectivity index (χ2n) is 12.3. The van der Waals surface area contributed by atoms with Crippen molar-refractivity contribution >= 4 is 0 Å². The molecule has 2 aromatic rings. The van der Waals surface area contributed by atoms with Gasteiger partial charge in [0.1, 0.15) is 61.0 Å². The summed E-state index contributed by atoms with van der Waals surface area (Å²) in [5.41, 5.74) is 6.56. The van der Waals surface area contributed by atoms with Crippen LogP contribution in [0.5, 0.6) is 0 Å². The first-order valence-corrected chi connectivity index (χ1v) is 15.2. The number of hydrogen-bond donors (Lipinski definition) is 9. The molecule has 4 aliphatic rings. The van der Waals surface area contributed by atoms with Crippen LogP contribution in [0.25, 0.3) is 11.1 Å². The Balaban J connectivity index is 1.34. The summed E-state index contributed by atoms with van der Waals surface area (Å²) >= 11 is 0. The molecule has 45 heavy (non-hydrogen) atoms. The fourth-order valence-corrected chi connectivity index (χ4v) is 7.19. The number of nitrogens with one attached hydrogen (secondary N) is 1. The third-order valence-corrected chi connectivity index (χ3v) is 9.72. The van der Waals surface area contributed by atoms with E-state index in [0.29, 0.717) is 5.56 Å². The van der Waals surface area contributed by atoms with Gasteiger partial charge in [-0.25, -0.2) is 0 Å². The van der Waals surface area contributed by atoms with E-state index in [0.717, 1.165) is 53.7 Å². The van der Waals surface area contributed by atoms with E-state index in [9.17, 15) is 40.9 Å². The van der Waals surface area contributed by atoms with E-state index in [-0.39, 0.29) is 5.41 Å². The summed E-state index contributed by atoms with van der Waals surface area (Å²) in [6.45, 7) is 2.58. The SMILES string of the molecule is Cc1c(C#C[C@H]2O[C@H](CO)[C@@H](O)[C@H](O)[C@@H]2O)ccc2c1C1(CCNCC1)c1cc(C#C[C@H]3O[C@H](CO)[C@@H](O)[C@H](O)[C@@H]3O)ccc1-2. The Bertz CT molecular complexity index is 1550. The van der Waals surface area contributed by atoms with E-state index in [1.54, 1.807) is 0 Å². The normalized spacial score (nSPS) is 35.0. The van der Waals surface area contributed by atoms with Gasteiger partial charge in [-0.3, -0.25) is 0 Å². The van der Waals surface area contributed by atoms with Crippen LogP contribution in [0, 0.1) is 30.6 Å². The number of rotatable bonds is 2. The van der Waals surface area contributed by atoms with Gasteiger partial charge in [-0.2, -0.15) is 0 Å². The molecule has 11 nitrogen and oxygen atoms in total. The maximum Gasteiger partial charge on any atom is 0.147 e. The molecule has 0 radical (unpaired) electrons. The van der Waals surface area contributed by atoms with Gasteiger partial charge in [0, 0.05) is 16.5 Å². The van der Waals surface area contributed by atoms with E-state index in [2.05, 4.69) is 35.1 Å². The molecule has 1 aliphatic carbocycles. The molecule has 0 saturated carbocycles. The molecule has 0 amide bonds. The van der Waals surface area contributed by atoms with E-state index in [4.69, 9.17) is 9.47 Å². The molecule has 9 N–H and O–H groups in total. The quantitative estimate of drug-likeness (QED) is 0.169. The van der Waals surface area contributed by atoms with Crippen LogP contribution >= 0.6 is 0 Å². The lowest BCUT2D eigenvalue weighted by Gasteiger charge is -2.38. The highest BCUT2D eigenvalue weighted by Gasteiger charge is 2.46. The standard InChI is InChI=1S/C34H39NO10/c1-17-19(5-9-24-29(39)33(43)31(41)26(16-37)45-24)4-7-21-20-6-2-18(14-22(20)34(27(17)21)10-12-35-13-11-34)3-8-23-28(38)32(42)30(40)25(15-36)44-23/h2,4,6-7,14,23-26,28-33,35-43H,10-13,15-16H2,1H3/t23-,24-,25-,26-,28-,29-,30-,31-,32-,33-/m1/s1. The van der Waals surface area contributed by atoms with Gasteiger partial charge in [-0.15, -0.1) is 0 Å². The van der Waals surface area contributed by atoms with Crippen molar-refractivity contribution in [1.82, 2.24) is 5.32 Å². The molecule has 240 valence electrons. The summed E-state index contributed by atoms with van der Waals surface area (Å²) in [5, 5.41) is 83.9. The monoisotopic (exact) mass is 621 g/mol. The minimum absolute atomic E-state index is 0.318. The molecule has 1 spiro atoms. The highest BCUT2D eigenvalue weighted by atomic mass is 16.5. The predicted octanol–water partition coefficient (Wildman–Crippen LogP) is -1.97. The van der Waals surface area contributed by atoms with Crippen LogP contribution in [-0.2, 0) is 14.9 Å². The number of hydrogen-bond acceptors (Lipinski definition) is 11. The van der Waals surface area contributed by atoms with Crippen LogP contribution in [0.15, 0.2) is 30.3 Å². The fourth-order valence-electron chi connectivity index (χ4n) is 7.19. The predicted molar refractivity (Wildman–Crippen MR) is 161 cm³/mol. The van der Waals surface area contributed by atoms with Gasteiger partial charge < -0.3 is 55.6 Å². The molecule has 3 fully saturated rings. The van der Waals surface area contributed by atoms with Crippen molar-refractivity contribution in [3.63, 3.8) is 0 Å². The number of aliphatic hydroxyl groups is 8. The molecule has 10 atom stereocenters. The Morgan fingerprint density at radius 1 is 0.733 bits per heavy atom. The smallest absolute Gasteiger partial charge is 0.147 e. The molecule has 0 unspecified atom stereocenters. The Kier molecular flexibility index (Phi) is 9.07. The van der Waals surface area contributed by atoms with Crippen molar-refractivity contribution in [3.05, 3.63) is 58.1 Å². The molecule has 3 heterocycles. The van der Waals surface area contributed by atoms with Crippen LogP contribution in [0.1, 0.15) is 40.7 Å². The van der Waals surface area contributed by atoms with Crippen molar-refractivity contribution in [2.45, 2.75) is 86.2 Å². The van der Waals surface area contributed by atoms with E-state index >= 15 is 0 Å². The summed E-state index contributed by atoms with van der Waals surface area (Å²) in [4.78, 5) is 0. The van der Waals surface area contributed by atoms with Gasteiger partial charge in [0.25, 0.3) is 0 Å². The zero-order valence-corrected chi connectivity index (χ0v) is 24.8. The Labute approximate surface area is 261 Å². The molecule has 0 bridgehead atoms. The lowest BCUT2D eigenvalue weighted by molar-refractivity contribution is -0.214. The molecule has 3 saturated heterocycles. The van der Waals surface area contributed by atoms with Crippen molar-refractivity contribution in [2.75, 3.05) is 26.3 Å². The van der Waals surface area contributed by atoms with Crippen molar-refractivity contribution in [1.29, 1.82) is 0 Å². The van der Waals surface area contributed by atoms with Crippen molar-refractivity contribution < 1.29 is 50.3 Å². The minimum atomic E-state index is -1.50.